The molecule has 1 amide bonds. The maximum atomic E-state index is 13.5. The number of alkyl halides is 3. The van der Waals surface area contributed by atoms with Gasteiger partial charge in [0.2, 0.25) is 5.72 Å². The van der Waals surface area contributed by atoms with E-state index in [1.54, 1.807) is 42.5 Å². The predicted octanol–water partition coefficient (Wildman–Crippen LogP) is 3.14. The Hall–Kier alpha value is -2.34. The van der Waals surface area contributed by atoms with E-state index >= 15 is 0 Å². The van der Waals surface area contributed by atoms with Crippen molar-refractivity contribution in [3.05, 3.63) is 71.3 Å². The molecule has 1 N–H and O–H groups in total. The topological polar surface area (TPSA) is 40.5 Å². The van der Waals surface area contributed by atoms with Crippen LogP contribution in [0.4, 0.5) is 13.2 Å². The first-order valence-electron chi connectivity index (χ1n) is 7.06. The highest BCUT2D eigenvalue weighted by Gasteiger charge is 2.61. The van der Waals surface area contributed by atoms with Crippen molar-refractivity contribution < 1.29 is 23.1 Å². The molecular weight excluding hydrogens is 307 g/mol. The average molecular weight is 321 g/mol. The van der Waals surface area contributed by atoms with Gasteiger partial charge in [0.05, 0.1) is 0 Å². The van der Waals surface area contributed by atoms with E-state index in [4.69, 9.17) is 0 Å². The lowest BCUT2D eigenvalue weighted by atomic mass is 9.89. The molecule has 2 aromatic rings. The number of carbonyl (C=O) groups excluding carboxylic acids is 1. The number of aliphatic hydroxyl groups is 1. The van der Waals surface area contributed by atoms with Gasteiger partial charge >= 0.3 is 6.18 Å². The minimum absolute atomic E-state index is 0.192. The van der Waals surface area contributed by atoms with Gasteiger partial charge in [0.25, 0.3) is 5.91 Å². The van der Waals surface area contributed by atoms with Crippen LogP contribution in [-0.2, 0) is 13.0 Å². The van der Waals surface area contributed by atoms with Crippen molar-refractivity contribution in [3.63, 3.8) is 0 Å². The Morgan fingerprint density at radius 3 is 2.30 bits per heavy atom. The number of nitrogens with zero attached hydrogens (tertiary/aromatic N) is 1. The summed E-state index contributed by atoms with van der Waals surface area (Å²) in [5.74, 6) is -0.824. The molecule has 0 fully saturated rings. The molecule has 120 valence electrons. The van der Waals surface area contributed by atoms with Crippen LogP contribution in [0.2, 0.25) is 0 Å². The molecule has 0 spiro atoms. The second-order valence-corrected chi connectivity index (χ2v) is 5.53. The SMILES string of the molecule is O=C1c2ccccc2CC(O)(C(F)(F)F)N1Cc1ccccc1. The fraction of sp³-hybridized carbons (Fsp3) is 0.235. The van der Waals surface area contributed by atoms with E-state index in [9.17, 15) is 23.1 Å². The van der Waals surface area contributed by atoms with Gasteiger partial charge in [-0.25, -0.2) is 0 Å². The molecule has 6 heteroatoms. The first-order valence-corrected chi connectivity index (χ1v) is 7.06. The summed E-state index contributed by atoms with van der Waals surface area (Å²) in [5, 5.41) is 10.3. The number of hydrogen-bond acceptors (Lipinski definition) is 2. The first kappa shape index (κ1) is 15.6. The van der Waals surface area contributed by atoms with Crippen molar-refractivity contribution in [1.29, 1.82) is 0 Å². The lowest BCUT2D eigenvalue weighted by molar-refractivity contribution is -0.308. The van der Waals surface area contributed by atoms with E-state index in [0.717, 1.165) is 0 Å². The lowest BCUT2D eigenvalue weighted by Gasteiger charge is -2.44. The van der Waals surface area contributed by atoms with Gasteiger partial charge in [-0.2, -0.15) is 13.2 Å². The summed E-state index contributed by atoms with van der Waals surface area (Å²) in [5.41, 5.74) is -2.31. The van der Waals surface area contributed by atoms with Crippen LogP contribution in [0.5, 0.6) is 0 Å². The summed E-state index contributed by atoms with van der Waals surface area (Å²) < 4.78 is 40.5. The Kier molecular flexibility index (Phi) is 3.64. The highest BCUT2D eigenvalue weighted by Crippen LogP contribution is 2.41. The largest absolute Gasteiger partial charge is 0.437 e. The standard InChI is InChI=1S/C17H14F3NO2/c18-17(19,20)16(23)10-13-8-4-5-9-14(13)15(22)21(16)11-12-6-2-1-3-7-12/h1-9,23H,10-11H2. The van der Waals surface area contributed by atoms with Gasteiger partial charge in [-0.05, 0) is 17.2 Å². The lowest BCUT2D eigenvalue weighted by Crippen LogP contribution is -2.64. The molecule has 1 atom stereocenters. The second-order valence-electron chi connectivity index (χ2n) is 5.53. The van der Waals surface area contributed by atoms with Gasteiger partial charge in [-0.15, -0.1) is 0 Å². The maximum absolute atomic E-state index is 13.5. The number of rotatable bonds is 2. The number of fused-ring (bicyclic) bond motifs is 1. The van der Waals surface area contributed by atoms with Gasteiger partial charge in [-0.3, -0.25) is 9.69 Å². The molecule has 1 unspecified atom stereocenters. The van der Waals surface area contributed by atoms with Crippen molar-refractivity contribution in [2.24, 2.45) is 0 Å². The van der Waals surface area contributed by atoms with Crippen LogP contribution < -0.4 is 0 Å². The fourth-order valence-electron chi connectivity index (χ4n) is 2.78. The zero-order valence-electron chi connectivity index (χ0n) is 12.0. The molecule has 0 aliphatic carbocycles. The molecule has 2 aromatic carbocycles. The number of halogens is 3. The highest BCUT2D eigenvalue weighted by atomic mass is 19.4. The normalized spacial score (nSPS) is 21.2. The van der Waals surface area contributed by atoms with E-state index in [0.29, 0.717) is 10.5 Å². The number of benzene rings is 2. The minimum Gasteiger partial charge on any atom is -0.363 e. The van der Waals surface area contributed by atoms with Crippen LogP contribution in [0.15, 0.2) is 54.6 Å². The van der Waals surface area contributed by atoms with Crippen LogP contribution in [0.3, 0.4) is 0 Å². The van der Waals surface area contributed by atoms with E-state index in [2.05, 4.69) is 0 Å². The van der Waals surface area contributed by atoms with Gasteiger partial charge in [0.15, 0.2) is 0 Å². The molecule has 3 nitrogen and oxygen atoms in total. The van der Waals surface area contributed by atoms with E-state index in [1.807, 2.05) is 0 Å². The average Bonchev–Trinajstić information content (AvgIpc) is 2.51. The van der Waals surface area contributed by atoms with E-state index in [-0.39, 0.29) is 17.7 Å². The Morgan fingerprint density at radius 2 is 1.65 bits per heavy atom. The van der Waals surface area contributed by atoms with Gasteiger partial charge in [0, 0.05) is 18.5 Å². The third-order valence-electron chi connectivity index (χ3n) is 4.01. The first-order chi connectivity index (χ1) is 10.8. The Balaban J connectivity index is 2.08. The zero-order valence-corrected chi connectivity index (χ0v) is 12.0. The Bertz CT molecular complexity index is 730. The van der Waals surface area contributed by atoms with Gasteiger partial charge in [-0.1, -0.05) is 48.5 Å². The molecule has 0 bridgehead atoms. The molecule has 0 saturated carbocycles. The fourth-order valence-corrected chi connectivity index (χ4v) is 2.78. The van der Waals surface area contributed by atoms with Crippen LogP contribution in [-0.4, -0.2) is 27.8 Å². The second kappa shape index (κ2) is 5.38. The maximum Gasteiger partial charge on any atom is 0.437 e. The summed E-state index contributed by atoms with van der Waals surface area (Å²) in [4.78, 5) is 13.1. The van der Waals surface area contributed by atoms with Crippen molar-refractivity contribution >= 4 is 5.91 Å². The van der Waals surface area contributed by atoms with Gasteiger partial charge in [0.1, 0.15) is 0 Å². The number of carbonyl (C=O) groups is 1. The van der Waals surface area contributed by atoms with Crippen molar-refractivity contribution in [2.45, 2.75) is 24.9 Å². The zero-order chi connectivity index (χ0) is 16.7. The molecule has 0 radical (unpaired) electrons. The summed E-state index contributed by atoms with van der Waals surface area (Å²) in [7, 11) is 0. The third-order valence-corrected chi connectivity index (χ3v) is 4.01. The quantitative estimate of drug-likeness (QED) is 0.923. The number of hydrogen-bond donors (Lipinski definition) is 1. The van der Waals surface area contributed by atoms with Crippen molar-refractivity contribution in [3.8, 4) is 0 Å². The van der Waals surface area contributed by atoms with Crippen LogP contribution >= 0.6 is 0 Å². The molecule has 0 aromatic heterocycles. The molecule has 1 aliphatic rings. The highest BCUT2D eigenvalue weighted by molar-refractivity contribution is 5.97. The van der Waals surface area contributed by atoms with Crippen molar-refractivity contribution in [2.75, 3.05) is 0 Å². The van der Waals surface area contributed by atoms with Crippen LogP contribution in [0.25, 0.3) is 0 Å². The molecule has 1 heterocycles. The Morgan fingerprint density at radius 1 is 1.04 bits per heavy atom. The Labute approximate surface area is 131 Å². The summed E-state index contributed by atoms with van der Waals surface area (Å²) in [6.45, 7) is -0.315. The molecular formula is C17H14F3NO2. The third kappa shape index (κ3) is 2.59. The summed E-state index contributed by atoms with van der Waals surface area (Å²) >= 11 is 0. The minimum atomic E-state index is -4.95. The smallest absolute Gasteiger partial charge is 0.363 e. The predicted molar refractivity (Wildman–Crippen MR) is 77.5 cm³/mol. The van der Waals surface area contributed by atoms with Crippen LogP contribution in [0.1, 0.15) is 21.5 Å². The van der Waals surface area contributed by atoms with E-state index < -0.39 is 24.2 Å². The molecule has 23 heavy (non-hydrogen) atoms. The van der Waals surface area contributed by atoms with Crippen molar-refractivity contribution in [1.82, 2.24) is 4.90 Å². The van der Waals surface area contributed by atoms with Gasteiger partial charge < -0.3 is 5.11 Å². The molecule has 3 rings (SSSR count). The van der Waals surface area contributed by atoms with Crippen LogP contribution in [0, 0.1) is 0 Å². The van der Waals surface area contributed by atoms with E-state index in [1.165, 1.54) is 12.1 Å². The molecule has 1 aliphatic heterocycles. The summed E-state index contributed by atoms with van der Waals surface area (Å²) in [6.07, 6.45) is -5.63. The number of amides is 1. The summed E-state index contributed by atoms with van der Waals surface area (Å²) in [6, 6.07) is 14.4. The monoisotopic (exact) mass is 321 g/mol. The molecule has 0 saturated heterocycles.